The molecule has 1 atom stereocenters. The molecule has 1 saturated heterocycles. The van der Waals surface area contributed by atoms with E-state index in [9.17, 15) is 9.59 Å². The molecule has 5 heteroatoms. The monoisotopic (exact) mass is 247 g/mol. The highest BCUT2D eigenvalue weighted by atomic mass is 16.2. The van der Waals surface area contributed by atoms with Crippen molar-refractivity contribution in [3.63, 3.8) is 0 Å². The second-order valence-electron chi connectivity index (χ2n) is 5.06. The van der Waals surface area contributed by atoms with E-state index in [1.165, 1.54) is 0 Å². The van der Waals surface area contributed by atoms with Crippen molar-refractivity contribution in [1.82, 2.24) is 5.32 Å². The molecule has 1 aromatic rings. The summed E-state index contributed by atoms with van der Waals surface area (Å²) in [5.41, 5.74) is 7.25. The van der Waals surface area contributed by atoms with Crippen LogP contribution in [-0.4, -0.2) is 18.4 Å². The maximum atomic E-state index is 12.2. The topological polar surface area (TPSA) is 84.2 Å². The zero-order chi connectivity index (χ0) is 13.3. The molecule has 96 valence electrons. The van der Waals surface area contributed by atoms with E-state index >= 15 is 0 Å². The molecule has 0 aromatic heterocycles. The Labute approximate surface area is 106 Å². The smallest absolute Gasteiger partial charge is 0.232 e. The Kier molecular flexibility index (Phi) is 2.98. The average Bonchev–Trinajstić information content (AvgIpc) is 2.65. The van der Waals surface area contributed by atoms with Gasteiger partial charge in [-0.2, -0.15) is 0 Å². The molecular weight excluding hydrogens is 230 g/mol. The summed E-state index contributed by atoms with van der Waals surface area (Å²) in [6.07, 6.45) is 0.213. The van der Waals surface area contributed by atoms with Gasteiger partial charge in [-0.15, -0.1) is 0 Å². The van der Waals surface area contributed by atoms with Gasteiger partial charge in [-0.3, -0.25) is 9.59 Å². The van der Waals surface area contributed by atoms with Crippen LogP contribution in [0.2, 0.25) is 0 Å². The summed E-state index contributed by atoms with van der Waals surface area (Å²) in [6, 6.07) is 5.46. The van der Waals surface area contributed by atoms with E-state index < -0.39 is 5.41 Å². The van der Waals surface area contributed by atoms with Gasteiger partial charge < -0.3 is 16.4 Å². The summed E-state index contributed by atoms with van der Waals surface area (Å²) in [6.45, 7) is 4.06. The Bertz CT molecular complexity index is 513. The first kappa shape index (κ1) is 12.4. The van der Waals surface area contributed by atoms with E-state index in [4.69, 9.17) is 5.73 Å². The van der Waals surface area contributed by atoms with Gasteiger partial charge in [0, 0.05) is 13.0 Å². The van der Waals surface area contributed by atoms with E-state index in [2.05, 4.69) is 10.6 Å². The van der Waals surface area contributed by atoms with Gasteiger partial charge in [-0.05, 0) is 31.5 Å². The van der Waals surface area contributed by atoms with Gasteiger partial charge in [-0.25, -0.2) is 0 Å². The maximum Gasteiger partial charge on any atom is 0.232 e. The molecule has 5 nitrogen and oxygen atoms in total. The third-order valence-corrected chi connectivity index (χ3v) is 3.23. The van der Waals surface area contributed by atoms with E-state index in [1.54, 1.807) is 13.0 Å². The highest BCUT2D eigenvalue weighted by Crippen LogP contribution is 2.28. The maximum absolute atomic E-state index is 12.2. The molecule has 0 bridgehead atoms. The molecule has 0 spiro atoms. The molecule has 4 N–H and O–H groups in total. The zero-order valence-electron chi connectivity index (χ0n) is 10.5. The third-order valence-electron chi connectivity index (χ3n) is 3.23. The number of nitrogens with one attached hydrogen (secondary N) is 2. The Balaban J connectivity index is 2.16. The van der Waals surface area contributed by atoms with Crippen LogP contribution in [-0.2, 0) is 9.59 Å². The van der Waals surface area contributed by atoms with Crippen LogP contribution in [0.1, 0.15) is 18.9 Å². The first-order valence-corrected chi connectivity index (χ1v) is 5.85. The number of rotatable bonds is 2. The molecule has 1 fully saturated rings. The van der Waals surface area contributed by atoms with Crippen LogP contribution in [0.15, 0.2) is 18.2 Å². The van der Waals surface area contributed by atoms with Crippen LogP contribution in [0.3, 0.4) is 0 Å². The Morgan fingerprint density at radius 1 is 1.50 bits per heavy atom. The largest absolute Gasteiger partial charge is 0.397 e. The van der Waals surface area contributed by atoms with Crippen LogP contribution < -0.4 is 16.4 Å². The molecule has 0 saturated carbocycles. The standard InChI is InChI=1S/C13H17N3O2/c1-8-3-4-9(14)10(5-8)16-12(18)13(2)6-11(17)15-7-13/h3-5H,6-7,14H2,1-2H3,(H,15,17)(H,16,18). The Morgan fingerprint density at radius 2 is 2.22 bits per heavy atom. The van der Waals surface area contributed by atoms with Crippen molar-refractivity contribution in [3.05, 3.63) is 23.8 Å². The molecule has 18 heavy (non-hydrogen) atoms. The van der Waals surface area contributed by atoms with Crippen LogP contribution >= 0.6 is 0 Å². The molecule has 1 aromatic carbocycles. The first-order chi connectivity index (χ1) is 8.40. The van der Waals surface area contributed by atoms with Crippen molar-refractivity contribution in [2.24, 2.45) is 5.41 Å². The summed E-state index contributed by atoms with van der Waals surface area (Å²) in [4.78, 5) is 23.4. The molecule has 2 amide bonds. The highest BCUT2D eigenvalue weighted by molar-refractivity contribution is 6.01. The molecule has 1 heterocycles. The van der Waals surface area contributed by atoms with Crippen LogP contribution in [0, 0.1) is 12.3 Å². The lowest BCUT2D eigenvalue weighted by Gasteiger charge is -2.21. The Hall–Kier alpha value is -2.04. The minimum Gasteiger partial charge on any atom is -0.397 e. The van der Waals surface area contributed by atoms with Crippen LogP contribution in [0.4, 0.5) is 11.4 Å². The number of anilines is 2. The van der Waals surface area contributed by atoms with Crippen molar-refractivity contribution < 1.29 is 9.59 Å². The van der Waals surface area contributed by atoms with E-state index in [0.29, 0.717) is 17.9 Å². The number of carbonyl (C=O) groups is 2. The fourth-order valence-electron chi connectivity index (χ4n) is 1.99. The highest BCUT2D eigenvalue weighted by Gasteiger charge is 2.40. The zero-order valence-corrected chi connectivity index (χ0v) is 10.5. The number of aryl methyl sites for hydroxylation is 1. The van der Waals surface area contributed by atoms with Gasteiger partial charge in [0.05, 0.1) is 16.8 Å². The fraction of sp³-hybridized carbons (Fsp3) is 0.385. The average molecular weight is 247 g/mol. The van der Waals surface area contributed by atoms with Crippen LogP contribution in [0.5, 0.6) is 0 Å². The number of carbonyl (C=O) groups excluding carboxylic acids is 2. The van der Waals surface area contributed by atoms with E-state index in [-0.39, 0.29) is 18.2 Å². The van der Waals surface area contributed by atoms with Gasteiger partial charge >= 0.3 is 0 Å². The summed E-state index contributed by atoms with van der Waals surface area (Å²) < 4.78 is 0. The van der Waals surface area contributed by atoms with Crippen molar-refractivity contribution in [2.45, 2.75) is 20.3 Å². The van der Waals surface area contributed by atoms with Gasteiger partial charge in [-0.1, -0.05) is 6.07 Å². The normalized spacial score (nSPS) is 22.7. The van der Waals surface area contributed by atoms with Gasteiger partial charge in [0.2, 0.25) is 11.8 Å². The lowest BCUT2D eigenvalue weighted by molar-refractivity contribution is -0.126. The second kappa shape index (κ2) is 4.33. The minimum absolute atomic E-state index is 0.0927. The predicted molar refractivity (Wildman–Crippen MR) is 70.0 cm³/mol. The third kappa shape index (κ3) is 2.30. The van der Waals surface area contributed by atoms with Gasteiger partial charge in [0.15, 0.2) is 0 Å². The number of benzene rings is 1. The second-order valence-corrected chi connectivity index (χ2v) is 5.06. The van der Waals surface area contributed by atoms with E-state index in [1.807, 2.05) is 19.1 Å². The minimum atomic E-state index is -0.701. The lowest BCUT2D eigenvalue weighted by atomic mass is 9.88. The fourth-order valence-corrected chi connectivity index (χ4v) is 1.99. The van der Waals surface area contributed by atoms with Crippen molar-refractivity contribution in [2.75, 3.05) is 17.6 Å². The van der Waals surface area contributed by atoms with Gasteiger partial charge in [0.25, 0.3) is 0 Å². The summed E-state index contributed by atoms with van der Waals surface area (Å²) in [5, 5.41) is 5.47. The molecule has 1 unspecified atom stereocenters. The van der Waals surface area contributed by atoms with Crippen LogP contribution in [0.25, 0.3) is 0 Å². The molecular formula is C13H17N3O2. The molecule has 0 radical (unpaired) electrons. The number of nitrogen functional groups attached to an aromatic ring is 1. The van der Waals surface area contributed by atoms with Gasteiger partial charge in [0.1, 0.15) is 0 Å². The molecule has 1 aliphatic heterocycles. The molecule has 2 rings (SSSR count). The Morgan fingerprint density at radius 3 is 2.83 bits per heavy atom. The predicted octanol–water partition coefficient (Wildman–Crippen LogP) is 1.04. The quantitative estimate of drug-likeness (QED) is 0.683. The summed E-state index contributed by atoms with van der Waals surface area (Å²) in [7, 11) is 0. The van der Waals surface area contributed by atoms with E-state index in [0.717, 1.165) is 5.56 Å². The number of nitrogens with two attached hydrogens (primary N) is 1. The summed E-state index contributed by atoms with van der Waals surface area (Å²) in [5.74, 6) is -0.275. The number of hydrogen-bond donors (Lipinski definition) is 3. The molecule has 1 aliphatic rings. The summed E-state index contributed by atoms with van der Waals surface area (Å²) >= 11 is 0. The first-order valence-electron chi connectivity index (χ1n) is 5.85. The molecule has 0 aliphatic carbocycles. The number of amides is 2. The lowest BCUT2D eigenvalue weighted by Crippen LogP contribution is -2.35. The SMILES string of the molecule is Cc1ccc(N)c(NC(=O)C2(C)CNC(=O)C2)c1. The van der Waals surface area contributed by atoms with Crippen molar-refractivity contribution in [3.8, 4) is 0 Å². The van der Waals surface area contributed by atoms with Crippen molar-refractivity contribution in [1.29, 1.82) is 0 Å². The number of hydrogen-bond acceptors (Lipinski definition) is 3. The van der Waals surface area contributed by atoms with Crippen molar-refractivity contribution >= 4 is 23.2 Å².